The van der Waals surface area contributed by atoms with Crippen LogP contribution in [0.3, 0.4) is 0 Å². The summed E-state index contributed by atoms with van der Waals surface area (Å²) in [4.78, 5) is 13.5. The van der Waals surface area contributed by atoms with E-state index in [1.165, 1.54) is 0 Å². The summed E-state index contributed by atoms with van der Waals surface area (Å²) in [7, 11) is 0. The lowest BCUT2D eigenvalue weighted by Gasteiger charge is -2.10. The van der Waals surface area contributed by atoms with Crippen LogP contribution in [0.1, 0.15) is 21.7 Å². The molecular formula is C20H17N5OS2. The lowest BCUT2D eigenvalue weighted by atomic mass is 10.2. The van der Waals surface area contributed by atoms with Gasteiger partial charge in [-0.1, -0.05) is 30.3 Å². The third-order valence-corrected chi connectivity index (χ3v) is 5.86. The minimum Gasteiger partial charge on any atom is -0.348 e. The number of carbonyl (C=O) groups is 1. The highest BCUT2D eigenvalue weighted by Crippen LogP contribution is 2.26. The average Bonchev–Trinajstić information content (AvgIpc) is 3.43. The molecule has 0 atom stereocenters. The molecule has 0 unspecified atom stereocenters. The number of thiophene rings is 1. The zero-order valence-electron chi connectivity index (χ0n) is 14.9. The van der Waals surface area contributed by atoms with Gasteiger partial charge in [-0.3, -0.25) is 4.79 Å². The van der Waals surface area contributed by atoms with E-state index in [-0.39, 0.29) is 5.91 Å². The summed E-state index contributed by atoms with van der Waals surface area (Å²) in [6.45, 7) is 0.521. The van der Waals surface area contributed by atoms with E-state index in [4.69, 9.17) is 0 Å². The molecule has 0 fully saturated rings. The monoisotopic (exact) mass is 407 g/mol. The van der Waals surface area contributed by atoms with Crippen molar-refractivity contribution < 1.29 is 4.79 Å². The molecule has 28 heavy (non-hydrogen) atoms. The van der Waals surface area contributed by atoms with Crippen LogP contribution in [0.15, 0.2) is 76.3 Å². The molecule has 0 aliphatic carbocycles. The van der Waals surface area contributed by atoms with Crippen LogP contribution in [-0.2, 0) is 12.3 Å². The van der Waals surface area contributed by atoms with Gasteiger partial charge < -0.3 is 5.32 Å². The fourth-order valence-corrected chi connectivity index (χ4v) is 4.28. The number of tetrazole rings is 1. The van der Waals surface area contributed by atoms with Crippen LogP contribution in [0.2, 0.25) is 0 Å². The van der Waals surface area contributed by atoms with Crippen molar-refractivity contribution in [3.05, 3.63) is 88.4 Å². The number of nitrogens with zero attached hydrogens (tertiary/aromatic N) is 4. The number of hydrogen-bond acceptors (Lipinski definition) is 6. The van der Waals surface area contributed by atoms with E-state index in [0.29, 0.717) is 17.9 Å². The van der Waals surface area contributed by atoms with Crippen LogP contribution in [0, 0.1) is 0 Å². The van der Waals surface area contributed by atoms with Crippen molar-refractivity contribution in [1.82, 2.24) is 25.5 Å². The Morgan fingerprint density at radius 2 is 1.89 bits per heavy atom. The van der Waals surface area contributed by atoms with E-state index in [1.54, 1.807) is 27.8 Å². The van der Waals surface area contributed by atoms with Crippen molar-refractivity contribution in [3.63, 3.8) is 0 Å². The summed E-state index contributed by atoms with van der Waals surface area (Å²) in [5.74, 6) is 1.19. The van der Waals surface area contributed by atoms with Gasteiger partial charge in [0.05, 0.1) is 17.0 Å². The van der Waals surface area contributed by atoms with Gasteiger partial charge in [0.1, 0.15) is 0 Å². The Morgan fingerprint density at radius 1 is 1.07 bits per heavy atom. The summed E-state index contributed by atoms with van der Waals surface area (Å²) in [6, 6.07) is 19.3. The van der Waals surface area contributed by atoms with Crippen LogP contribution < -0.4 is 5.32 Å². The second-order valence-electron chi connectivity index (χ2n) is 5.94. The Bertz CT molecular complexity index is 1050. The third-order valence-electron chi connectivity index (χ3n) is 4.06. The first-order valence-corrected chi connectivity index (χ1v) is 10.6. The number of nitrogens with one attached hydrogen (secondary N) is 1. The number of aromatic nitrogens is 4. The molecule has 0 spiro atoms. The molecule has 140 valence electrons. The van der Waals surface area contributed by atoms with E-state index >= 15 is 0 Å². The smallest absolute Gasteiger partial charge is 0.252 e. The fourth-order valence-electron chi connectivity index (χ4n) is 2.66. The number of amides is 1. The van der Waals surface area contributed by atoms with Gasteiger partial charge in [-0.2, -0.15) is 16.0 Å². The Balaban J connectivity index is 1.46. The van der Waals surface area contributed by atoms with Crippen molar-refractivity contribution in [3.8, 4) is 5.69 Å². The molecule has 0 aliphatic rings. The standard InChI is InChI=1S/C20H17N5OS2/c26-20(21-12-15-10-11-27-13-15)17-8-4-5-9-18(17)28-14-19-22-23-24-25(19)16-6-2-1-3-7-16/h1-11,13H,12,14H2,(H,21,26). The van der Waals surface area contributed by atoms with Gasteiger partial charge in [0, 0.05) is 11.4 Å². The highest BCUT2D eigenvalue weighted by Gasteiger charge is 2.14. The predicted molar refractivity (Wildman–Crippen MR) is 111 cm³/mol. The number of para-hydroxylation sites is 1. The third kappa shape index (κ3) is 4.29. The van der Waals surface area contributed by atoms with Gasteiger partial charge >= 0.3 is 0 Å². The molecule has 0 bridgehead atoms. The molecule has 2 aromatic carbocycles. The van der Waals surface area contributed by atoms with E-state index in [2.05, 4.69) is 20.8 Å². The van der Waals surface area contributed by atoms with E-state index < -0.39 is 0 Å². The largest absolute Gasteiger partial charge is 0.348 e. The minimum atomic E-state index is -0.0862. The SMILES string of the molecule is O=C(NCc1ccsc1)c1ccccc1SCc1nnnn1-c1ccccc1. The van der Waals surface area contributed by atoms with E-state index in [9.17, 15) is 4.79 Å². The maximum atomic E-state index is 12.6. The average molecular weight is 408 g/mol. The van der Waals surface area contributed by atoms with Gasteiger partial charge in [0.25, 0.3) is 5.91 Å². The van der Waals surface area contributed by atoms with Crippen LogP contribution >= 0.6 is 23.1 Å². The molecule has 1 amide bonds. The fraction of sp³-hybridized carbons (Fsp3) is 0.100. The van der Waals surface area contributed by atoms with Crippen molar-refractivity contribution in [2.45, 2.75) is 17.2 Å². The first-order valence-electron chi connectivity index (χ1n) is 8.65. The molecule has 4 rings (SSSR count). The maximum absolute atomic E-state index is 12.6. The summed E-state index contributed by atoms with van der Waals surface area (Å²) in [5, 5.41) is 19.0. The van der Waals surface area contributed by atoms with E-state index in [1.807, 2.05) is 71.4 Å². The van der Waals surface area contributed by atoms with Crippen molar-refractivity contribution in [2.75, 3.05) is 0 Å². The molecule has 1 N–H and O–H groups in total. The highest BCUT2D eigenvalue weighted by atomic mass is 32.2. The van der Waals surface area contributed by atoms with Crippen molar-refractivity contribution in [1.29, 1.82) is 0 Å². The number of thioether (sulfide) groups is 1. The normalized spacial score (nSPS) is 10.7. The lowest BCUT2D eigenvalue weighted by Crippen LogP contribution is -2.23. The molecule has 2 aromatic heterocycles. The van der Waals surface area contributed by atoms with Crippen LogP contribution in [0.25, 0.3) is 5.69 Å². The topological polar surface area (TPSA) is 72.7 Å². The number of carbonyl (C=O) groups excluding carboxylic acids is 1. The molecule has 0 radical (unpaired) electrons. The van der Waals surface area contributed by atoms with Gasteiger partial charge in [0.15, 0.2) is 5.82 Å². The summed E-state index contributed by atoms with van der Waals surface area (Å²) in [5.41, 5.74) is 2.66. The van der Waals surface area contributed by atoms with Gasteiger partial charge in [-0.05, 0) is 57.1 Å². The van der Waals surface area contributed by atoms with Crippen LogP contribution in [0.4, 0.5) is 0 Å². The maximum Gasteiger partial charge on any atom is 0.252 e. The summed E-state index contributed by atoms with van der Waals surface area (Å²) >= 11 is 3.16. The zero-order chi connectivity index (χ0) is 19.2. The second-order valence-corrected chi connectivity index (χ2v) is 7.74. The lowest BCUT2D eigenvalue weighted by molar-refractivity contribution is 0.0948. The Kier molecular flexibility index (Phi) is 5.79. The van der Waals surface area contributed by atoms with Crippen LogP contribution in [0.5, 0.6) is 0 Å². The molecule has 2 heterocycles. The highest BCUT2D eigenvalue weighted by molar-refractivity contribution is 7.98. The Hall–Kier alpha value is -2.97. The Labute approximate surface area is 170 Å². The number of rotatable bonds is 7. The quantitative estimate of drug-likeness (QED) is 0.470. The predicted octanol–water partition coefficient (Wildman–Crippen LogP) is 3.95. The number of benzene rings is 2. The first-order chi connectivity index (χ1) is 13.8. The molecule has 0 saturated carbocycles. The van der Waals surface area contributed by atoms with Crippen molar-refractivity contribution >= 4 is 29.0 Å². The van der Waals surface area contributed by atoms with Crippen molar-refractivity contribution in [2.24, 2.45) is 0 Å². The second kappa shape index (κ2) is 8.81. The van der Waals surface area contributed by atoms with Gasteiger partial charge in [-0.15, -0.1) is 16.9 Å². The molecule has 4 aromatic rings. The minimum absolute atomic E-state index is 0.0862. The molecular weight excluding hydrogens is 390 g/mol. The zero-order valence-corrected chi connectivity index (χ0v) is 16.5. The molecule has 6 nitrogen and oxygen atoms in total. The summed E-state index contributed by atoms with van der Waals surface area (Å²) in [6.07, 6.45) is 0. The van der Waals surface area contributed by atoms with Gasteiger partial charge in [0.2, 0.25) is 0 Å². The van der Waals surface area contributed by atoms with Crippen LogP contribution in [-0.4, -0.2) is 26.1 Å². The first kappa shape index (κ1) is 18.4. The number of hydrogen-bond donors (Lipinski definition) is 1. The van der Waals surface area contributed by atoms with E-state index in [0.717, 1.165) is 22.0 Å². The molecule has 8 heteroatoms. The summed E-state index contributed by atoms with van der Waals surface area (Å²) < 4.78 is 1.71. The molecule has 0 aliphatic heterocycles. The molecule has 0 saturated heterocycles. The Morgan fingerprint density at radius 3 is 2.71 bits per heavy atom. The van der Waals surface area contributed by atoms with Gasteiger partial charge in [-0.25, -0.2) is 0 Å².